The molecule has 3 aliphatic rings. The van der Waals surface area contributed by atoms with Crippen LogP contribution < -0.4 is 0 Å². The molecule has 3 fully saturated rings. The van der Waals surface area contributed by atoms with Crippen molar-refractivity contribution in [3.63, 3.8) is 0 Å². The van der Waals surface area contributed by atoms with E-state index in [1.54, 1.807) is 0 Å². The van der Waals surface area contributed by atoms with Crippen LogP contribution in [0.2, 0.25) is 0 Å². The van der Waals surface area contributed by atoms with Crippen LogP contribution in [0.25, 0.3) is 0 Å². The predicted octanol–water partition coefficient (Wildman–Crippen LogP) is 3.71. The third-order valence-corrected chi connectivity index (χ3v) is 7.37. The number of nitrogens with zero attached hydrogens (tertiary/aromatic N) is 1. The molecule has 0 bridgehead atoms. The largest absolute Gasteiger partial charge is 0.393 e. The average Bonchev–Trinajstić information content (AvgIpc) is 2.83. The summed E-state index contributed by atoms with van der Waals surface area (Å²) in [5.74, 6) is 2.78. The highest BCUT2D eigenvalue weighted by atomic mass is 16.3. The van der Waals surface area contributed by atoms with Crippen molar-refractivity contribution < 1.29 is 9.90 Å². The number of fused-ring (bicyclic) bond motifs is 3. The Morgan fingerprint density at radius 2 is 2.09 bits per heavy atom. The number of carbonyl (C=O) groups is 1. The lowest BCUT2D eigenvalue weighted by molar-refractivity contribution is -0.135. The molecular weight excluding hydrogens is 274 g/mol. The van der Waals surface area contributed by atoms with Gasteiger partial charge in [0.2, 0.25) is 0 Å². The Hall–Kier alpha value is -0.880. The highest BCUT2D eigenvalue weighted by Gasteiger charge is 2.57. The first-order valence-corrected chi connectivity index (χ1v) is 9.06. The minimum Gasteiger partial charge on any atom is -0.393 e. The van der Waals surface area contributed by atoms with Gasteiger partial charge in [-0.2, -0.15) is 5.26 Å². The molecule has 1 N–H and O–H groups in total. The van der Waals surface area contributed by atoms with E-state index in [2.05, 4.69) is 13.0 Å². The standard InChI is InChI=1S/C19H29NO2/c1-12(21)16-6-7-17-14-5-8-18(22)15(4-3-11-20)13(14)9-10-19(16,17)2/h12-17,21H,3-10H2,1-2H3/t12-,13?,14?,15?,16+,17-,19?/m0/s1. The number of ketones is 1. The van der Waals surface area contributed by atoms with Crippen LogP contribution in [-0.2, 0) is 4.79 Å². The molecule has 3 saturated carbocycles. The molecule has 0 radical (unpaired) electrons. The Morgan fingerprint density at radius 1 is 1.32 bits per heavy atom. The van der Waals surface area contributed by atoms with Crippen LogP contribution in [0.1, 0.15) is 65.2 Å². The molecule has 3 aliphatic carbocycles. The molecule has 3 heteroatoms. The third kappa shape index (κ3) is 2.40. The summed E-state index contributed by atoms with van der Waals surface area (Å²) in [5, 5.41) is 19.0. The molecule has 122 valence electrons. The minimum atomic E-state index is -0.217. The van der Waals surface area contributed by atoms with E-state index in [0.29, 0.717) is 42.3 Å². The molecule has 0 saturated heterocycles. The average molecular weight is 303 g/mol. The Morgan fingerprint density at radius 3 is 2.77 bits per heavy atom. The number of hydrogen-bond donors (Lipinski definition) is 1. The second-order valence-electron chi connectivity index (χ2n) is 8.21. The fourth-order valence-corrected chi connectivity index (χ4v) is 6.39. The molecule has 0 aliphatic heterocycles. The molecule has 0 aromatic heterocycles. The van der Waals surface area contributed by atoms with Gasteiger partial charge in [-0.15, -0.1) is 0 Å². The van der Waals surface area contributed by atoms with Gasteiger partial charge in [0.1, 0.15) is 5.78 Å². The first-order chi connectivity index (χ1) is 10.5. The zero-order valence-electron chi connectivity index (χ0n) is 13.9. The molecule has 0 amide bonds. The number of aliphatic hydroxyl groups is 1. The molecule has 3 nitrogen and oxygen atoms in total. The van der Waals surface area contributed by atoms with Gasteiger partial charge in [0.05, 0.1) is 12.2 Å². The summed E-state index contributed by atoms with van der Waals surface area (Å²) in [6, 6.07) is 2.22. The van der Waals surface area contributed by atoms with Crippen LogP contribution >= 0.6 is 0 Å². The molecule has 0 aromatic carbocycles. The molecule has 4 unspecified atom stereocenters. The molecule has 7 atom stereocenters. The summed E-state index contributed by atoms with van der Waals surface area (Å²) in [6.07, 6.45) is 7.42. The van der Waals surface area contributed by atoms with Crippen LogP contribution in [0, 0.1) is 46.3 Å². The Labute approximate surface area is 134 Å². The van der Waals surface area contributed by atoms with Gasteiger partial charge < -0.3 is 5.11 Å². The van der Waals surface area contributed by atoms with Gasteiger partial charge in [-0.25, -0.2) is 0 Å². The van der Waals surface area contributed by atoms with Crippen molar-refractivity contribution in [3.8, 4) is 6.07 Å². The molecule has 22 heavy (non-hydrogen) atoms. The number of rotatable bonds is 3. The Bertz CT molecular complexity index is 480. The number of carbonyl (C=O) groups excluding carboxylic acids is 1. The van der Waals surface area contributed by atoms with Gasteiger partial charge in [-0.05, 0) is 74.5 Å². The smallest absolute Gasteiger partial charge is 0.136 e. The van der Waals surface area contributed by atoms with Crippen molar-refractivity contribution in [1.82, 2.24) is 0 Å². The lowest BCUT2D eigenvalue weighted by Crippen LogP contribution is -2.48. The number of nitriles is 1. The summed E-state index contributed by atoms with van der Waals surface area (Å²) in [4.78, 5) is 12.4. The normalized spacial score (nSPS) is 45.7. The van der Waals surface area contributed by atoms with Crippen LogP contribution in [-0.4, -0.2) is 17.0 Å². The third-order valence-electron chi connectivity index (χ3n) is 7.37. The maximum absolute atomic E-state index is 12.4. The molecule has 0 heterocycles. The van der Waals surface area contributed by atoms with E-state index in [9.17, 15) is 9.90 Å². The monoisotopic (exact) mass is 303 g/mol. The summed E-state index contributed by atoms with van der Waals surface area (Å²) in [7, 11) is 0. The van der Waals surface area contributed by atoms with E-state index in [1.165, 1.54) is 6.42 Å². The second-order valence-corrected chi connectivity index (χ2v) is 8.21. The van der Waals surface area contributed by atoms with E-state index in [1.807, 2.05) is 6.92 Å². The summed E-state index contributed by atoms with van der Waals surface area (Å²) in [5.41, 5.74) is 0.259. The summed E-state index contributed by atoms with van der Waals surface area (Å²) >= 11 is 0. The molecule has 0 aromatic rings. The fourth-order valence-electron chi connectivity index (χ4n) is 6.39. The van der Waals surface area contributed by atoms with E-state index in [4.69, 9.17) is 5.26 Å². The van der Waals surface area contributed by atoms with Crippen molar-refractivity contribution in [2.75, 3.05) is 0 Å². The number of hydrogen-bond acceptors (Lipinski definition) is 3. The van der Waals surface area contributed by atoms with Gasteiger partial charge in [-0.3, -0.25) is 4.79 Å². The SMILES string of the molecule is C[C@H](O)[C@H]1CC[C@H]2C3CCC(=O)C(CCC#N)C3CCC12C. The molecular formula is C19H29NO2. The van der Waals surface area contributed by atoms with Gasteiger partial charge in [0.15, 0.2) is 0 Å². The lowest BCUT2D eigenvalue weighted by atomic mass is 9.52. The van der Waals surface area contributed by atoms with E-state index >= 15 is 0 Å². The van der Waals surface area contributed by atoms with E-state index in [0.717, 1.165) is 32.1 Å². The molecule has 0 spiro atoms. The fraction of sp³-hybridized carbons (Fsp3) is 0.895. The minimum absolute atomic E-state index is 0.133. The van der Waals surface area contributed by atoms with Crippen LogP contribution in [0.15, 0.2) is 0 Å². The van der Waals surface area contributed by atoms with Gasteiger partial charge in [0.25, 0.3) is 0 Å². The van der Waals surface area contributed by atoms with Crippen LogP contribution in [0.3, 0.4) is 0 Å². The van der Waals surface area contributed by atoms with Gasteiger partial charge in [-0.1, -0.05) is 6.92 Å². The maximum atomic E-state index is 12.4. The maximum Gasteiger partial charge on any atom is 0.136 e. The number of aliphatic hydroxyl groups excluding tert-OH is 1. The summed E-state index contributed by atoms with van der Waals surface area (Å²) in [6.45, 7) is 4.34. The zero-order valence-corrected chi connectivity index (χ0v) is 13.9. The predicted molar refractivity (Wildman–Crippen MR) is 84.8 cm³/mol. The van der Waals surface area contributed by atoms with E-state index < -0.39 is 0 Å². The zero-order chi connectivity index (χ0) is 15.9. The van der Waals surface area contributed by atoms with E-state index in [-0.39, 0.29) is 17.4 Å². The van der Waals surface area contributed by atoms with Crippen LogP contribution in [0.5, 0.6) is 0 Å². The Balaban J connectivity index is 1.81. The number of Topliss-reactive ketones (excluding diaryl/α,β-unsaturated/α-hetero) is 1. The highest BCUT2D eigenvalue weighted by molar-refractivity contribution is 5.82. The summed E-state index contributed by atoms with van der Waals surface area (Å²) < 4.78 is 0. The van der Waals surface area contributed by atoms with Crippen molar-refractivity contribution >= 4 is 5.78 Å². The van der Waals surface area contributed by atoms with Crippen molar-refractivity contribution in [1.29, 1.82) is 5.26 Å². The van der Waals surface area contributed by atoms with Crippen molar-refractivity contribution in [2.45, 2.75) is 71.3 Å². The van der Waals surface area contributed by atoms with Gasteiger partial charge in [0, 0.05) is 18.8 Å². The first kappa shape index (κ1) is 16.0. The highest BCUT2D eigenvalue weighted by Crippen LogP contribution is 2.62. The Kier molecular flexibility index (Phi) is 4.34. The molecule has 3 rings (SSSR count). The van der Waals surface area contributed by atoms with Crippen molar-refractivity contribution in [2.24, 2.45) is 35.0 Å². The van der Waals surface area contributed by atoms with Gasteiger partial charge >= 0.3 is 0 Å². The topological polar surface area (TPSA) is 61.1 Å². The lowest BCUT2D eigenvalue weighted by Gasteiger charge is -2.52. The van der Waals surface area contributed by atoms with Crippen LogP contribution in [0.4, 0.5) is 0 Å². The quantitative estimate of drug-likeness (QED) is 0.864. The first-order valence-electron chi connectivity index (χ1n) is 9.06. The van der Waals surface area contributed by atoms with Crippen molar-refractivity contribution in [3.05, 3.63) is 0 Å². The second kappa shape index (κ2) is 5.96.